The molecule has 2 rings (SSSR count). The summed E-state index contributed by atoms with van der Waals surface area (Å²) in [4.78, 5) is 0. The lowest BCUT2D eigenvalue weighted by molar-refractivity contribution is 1.49. The number of hydrogen-bond acceptors (Lipinski definition) is 2. The summed E-state index contributed by atoms with van der Waals surface area (Å²) in [5.74, 6) is 0. The molecule has 0 aliphatic rings. The van der Waals surface area contributed by atoms with Gasteiger partial charge in [-0.1, -0.05) is 17.7 Å². The van der Waals surface area contributed by atoms with Crippen LogP contribution in [0.25, 0.3) is 16.2 Å². The topological polar surface area (TPSA) is 12.9 Å². The number of rotatable bonds is 1. The van der Waals surface area contributed by atoms with E-state index in [4.69, 9.17) is 0 Å². The maximum absolute atomic E-state index is 4.38. The Bertz CT molecular complexity index is 454. The van der Waals surface area contributed by atoms with E-state index in [0.29, 0.717) is 0 Å². The summed E-state index contributed by atoms with van der Waals surface area (Å²) in [6.07, 6.45) is 4.08. The van der Waals surface area contributed by atoms with Crippen LogP contribution in [0.4, 0.5) is 0 Å². The average Bonchev–Trinajstić information content (AvgIpc) is 2.49. The minimum absolute atomic E-state index is 1.09. The Morgan fingerprint density at radius 3 is 3.00 bits per heavy atom. The van der Waals surface area contributed by atoms with E-state index in [1.54, 1.807) is 11.5 Å². The normalized spacial score (nSPS) is 11.5. The first kappa shape index (κ1) is 8.45. The van der Waals surface area contributed by atoms with Crippen LogP contribution >= 0.6 is 11.5 Å². The van der Waals surface area contributed by atoms with Crippen LogP contribution in [0.3, 0.4) is 0 Å². The molecule has 1 aromatic carbocycles. The van der Waals surface area contributed by atoms with Gasteiger partial charge >= 0.3 is 0 Å². The van der Waals surface area contributed by atoms with Gasteiger partial charge in [-0.15, -0.1) is 0 Å². The molecular formula is C11H11NS. The summed E-state index contributed by atoms with van der Waals surface area (Å²) >= 11 is 1.56. The van der Waals surface area contributed by atoms with Crippen molar-refractivity contribution < 1.29 is 0 Å². The van der Waals surface area contributed by atoms with Crippen LogP contribution in [-0.4, -0.2) is 4.37 Å². The monoisotopic (exact) mass is 189 g/mol. The summed E-state index contributed by atoms with van der Waals surface area (Å²) in [6, 6.07) is 6.45. The third-order valence-corrected chi connectivity index (χ3v) is 2.82. The van der Waals surface area contributed by atoms with Gasteiger partial charge in [0.25, 0.3) is 0 Å². The Balaban J connectivity index is 2.71. The minimum atomic E-state index is 1.09. The smallest absolute Gasteiger partial charge is 0.0843 e. The molecule has 0 fully saturated rings. The lowest BCUT2D eigenvalue weighted by Crippen LogP contribution is -1.73. The van der Waals surface area contributed by atoms with Crippen LogP contribution in [-0.2, 0) is 0 Å². The van der Waals surface area contributed by atoms with Crippen molar-refractivity contribution in [2.24, 2.45) is 0 Å². The second-order valence-electron chi connectivity index (χ2n) is 3.07. The fourth-order valence-corrected chi connectivity index (χ4v) is 2.10. The van der Waals surface area contributed by atoms with Gasteiger partial charge in [-0.25, -0.2) is 0 Å². The average molecular weight is 189 g/mol. The third kappa shape index (κ3) is 1.49. The Labute approximate surface area is 81.9 Å². The molecule has 0 N–H and O–H groups in total. The van der Waals surface area contributed by atoms with E-state index in [-0.39, 0.29) is 0 Å². The summed E-state index contributed by atoms with van der Waals surface area (Å²) in [5.41, 5.74) is 2.38. The molecule has 0 saturated carbocycles. The molecule has 1 nitrogen and oxygen atoms in total. The Hall–Kier alpha value is -1.15. The van der Waals surface area contributed by atoms with Gasteiger partial charge in [0.15, 0.2) is 0 Å². The molecule has 0 atom stereocenters. The van der Waals surface area contributed by atoms with Gasteiger partial charge in [-0.05, 0) is 43.6 Å². The molecule has 66 valence electrons. The Morgan fingerprint density at radius 2 is 2.23 bits per heavy atom. The third-order valence-electron chi connectivity index (χ3n) is 1.98. The van der Waals surface area contributed by atoms with Gasteiger partial charge in [0.05, 0.1) is 10.4 Å². The molecule has 0 unspecified atom stereocenters. The number of aromatic nitrogens is 1. The Morgan fingerprint density at radius 1 is 1.38 bits per heavy atom. The quantitative estimate of drug-likeness (QED) is 0.667. The molecule has 13 heavy (non-hydrogen) atoms. The van der Waals surface area contributed by atoms with Crippen molar-refractivity contribution in [1.29, 1.82) is 0 Å². The summed E-state index contributed by atoms with van der Waals surface area (Å²) in [7, 11) is 0. The molecule has 2 aromatic rings. The molecule has 1 aromatic heterocycles. The van der Waals surface area contributed by atoms with Crippen molar-refractivity contribution in [2.45, 2.75) is 13.8 Å². The van der Waals surface area contributed by atoms with Gasteiger partial charge < -0.3 is 0 Å². The lowest BCUT2D eigenvalue weighted by Gasteiger charge is -1.92. The van der Waals surface area contributed by atoms with E-state index in [1.165, 1.54) is 15.6 Å². The highest BCUT2D eigenvalue weighted by molar-refractivity contribution is 7.13. The molecule has 2 heteroatoms. The van der Waals surface area contributed by atoms with E-state index in [9.17, 15) is 0 Å². The van der Waals surface area contributed by atoms with Crippen molar-refractivity contribution >= 4 is 27.7 Å². The fourth-order valence-electron chi connectivity index (χ4n) is 1.35. The molecule has 0 bridgehead atoms. The second-order valence-corrected chi connectivity index (χ2v) is 3.87. The largest absolute Gasteiger partial charge is 0.192 e. The number of benzene rings is 1. The first-order chi connectivity index (χ1) is 6.31. The molecule has 0 aliphatic heterocycles. The number of hydrogen-bond donors (Lipinski definition) is 0. The first-order valence-electron chi connectivity index (χ1n) is 4.30. The van der Waals surface area contributed by atoms with E-state index < -0.39 is 0 Å². The van der Waals surface area contributed by atoms with Crippen molar-refractivity contribution in [1.82, 2.24) is 4.37 Å². The molecule has 0 spiro atoms. The molecule has 1 heterocycles. The predicted molar refractivity (Wildman–Crippen MR) is 59.1 cm³/mol. The summed E-state index contributed by atoms with van der Waals surface area (Å²) < 4.78 is 5.64. The number of nitrogens with zero attached hydrogens (tertiary/aromatic N) is 1. The first-order valence-corrected chi connectivity index (χ1v) is 5.07. The predicted octanol–water partition coefficient (Wildman–Crippen LogP) is 3.64. The van der Waals surface area contributed by atoms with E-state index >= 15 is 0 Å². The van der Waals surface area contributed by atoms with Gasteiger partial charge in [-0.3, -0.25) is 0 Å². The van der Waals surface area contributed by atoms with Crippen LogP contribution < -0.4 is 0 Å². The fraction of sp³-hybridized carbons (Fsp3) is 0.182. The SMILES string of the molecule is CC=Cc1nsc2ccc(C)cc12. The zero-order chi connectivity index (χ0) is 9.26. The van der Waals surface area contributed by atoms with Crippen LogP contribution in [0.15, 0.2) is 24.3 Å². The maximum atomic E-state index is 4.38. The molecule has 0 aliphatic carbocycles. The number of fused-ring (bicyclic) bond motifs is 1. The van der Waals surface area contributed by atoms with Crippen molar-refractivity contribution in [3.05, 3.63) is 35.5 Å². The van der Waals surface area contributed by atoms with Gasteiger partial charge in [0, 0.05) is 5.39 Å². The highest BCUT2D eigenvalue weighted by atomic mass is 32.1. The summed E-state index contributed by atoms with van der Waals surface area (Å²) in [5, 5.41) is 1.27. The molecular weight excluding hydrogens is 178 g/mol. The molecule has 0 saturated heterocycles. The molecule has 0 amide bonds. The standard InChI is InChI=1S/C11H11NS/c1-3-4-10-9-7-8(2)5-6-11(9)13-12-10/h3-7H,1-2H3. The van der Waals surface area contributed by atoms with Crippen LogP contribution in [0.1, 0.15) is 18.2 Å². The van der Waals surface area contributed by atoms with Gasteiger partial charge in [0.2, 0.25) is 0 Å². The van der Waals surface area contributed by atoms with E-state index in [2.05, 4.69) is 35.6 Å². The number of aryl methyl sites for hydroxylation is 1. The zero-order valence-electron chi connectivity index (χ0n) is 7.74. The van der Waals surface area contributed by atoms with Crippen molar-refractivity contribution in [3.63, 3.8) is 0 Å². The van der Waals surface area contributed by atoms with Crippen molar-refractivity contribution in [2.75, 3.05) is 0 Å². The zero-order valence-corrected chi connectivity index (χ0v) is 8.56. The summed E-state index contributed by atoms with van der Waals surface area (Å²) in [6.45, 7) is 4.12. The van der Waals surface area contributed by atoms with Crippen LogP contribution in [0, 0.1) is 6.92 Å². The van der Waals surface area contributed by atoms with Gasteiger partial charge in [-0.2, -0.15) is 4.37 Å². The lowest BCUT2D eigenvalue weighted by atomic mass is 10.1. The van der Waals surface area contributed by atoms with E-state index in [0.717, 1.165) is 5.69 Å². The van der Waals surface area contributed by atoms with E-state index in [1.807, 2.05) is 13.0 Å². The van der Waals surface area contributed by atoms with Crippen LogP contribution in [0.2, 0.25) is 0 Å². The minimum Gasteiger partial charge on any atom is -0.192 e. The maximum Gasteiger partial charge on any atom is 0.0843 e. The second kappa shape index (κ2) is 3.30. The van der Waals surface area contributed by atoms with Crippen LogP contribution in [0.5, 0.6) is 0 Å². The Kier molecular flexibility index (Phi) is 2.15. The highest BCUT2D eigenvalue weighted by Gasteiger charge is 2.01. The number of allylic oxidation sites excluding steroid dienone is 1. The molecule has 0 radical (unpaired) electrons. The highest BCUT2D eigenvalue weighted by Crippen LogP contribution is 2.24. The van der Waals surface area contributed by atoms with Crippen molar-refractivity contribution in [3.8, 4) is 0 Å². The van der Waals surface area contributed by atoms with Gasteiger partial charge in [0.1, 0.15) is 0 Å².